The summed E-state index contributed by atoms with van der Waals surface area (Å²) in [5, 5.41) is 17.7. The molecule has 0 saturated carbocycles. The Labute approximate surface area is 105 Å². The molecule has 98 valence electrons. The molecule has 0 amide bonds. The molecular weight excluding hydrogens is 220 g/mol. The standard InChI is InChI=1S/C13H28O2S/c1-2-3-4-5-6-7-8-9-10-16-12-13(15)11-14/h13-15H,2-12H2,1H3. The van der Waals surface area contributed by atoms with Crippen molar-refractivity contribution in [3.8, 4) is 0 Å². The molecule has 0 aromatic rings. The van der Waals surface area contributed by atoms with Gasteiger partial charge in [-0.1, -0.05) is 51.9 Å². The van der Waals surface area contributed by atoms with Crippen molar-refractivity contribution in [2.24, 2.45) is 0 Å². The summed E-state index contributed by atoms with van der Waals surface area (Å²) in [5.41, 5.74) is 0. The van der Waals surface area contributed by atoms with Crippen molar-refractivity contribution < 1.29 is 10.2 Å². The van der Waals surface area contributed by atoms with Crippen molar-refractivity contribution in [2.45, 2.75) is 64.4 Å². The summed E-state index contributed by atoms with van der Waals surface area (Å²) in [6, 6.07) is 0. The van der Waals surface area contributed by atoms with Gasteiger partial charge in [0.1, 0.15) is 0 Å². The van der Waals surface area contributed by atoms with E-state index < -0.39 is 6.10 Å². The zero-order valence-electron chi connectivity index (χ0n) is 10.7. The predicted molar refractivity (Wildman–Crippen MR) is 73.0 cm³/mol. The van der Waals surface area contributed by atoms with Crippen molar-refractivity contribution in [3.63, 3.8) is 0 Å². The highest BCUT2D eigenvalue weighted by molar-refractivity contribution is 7.99. The van der Waals surface area contributed by atoms with Gasteiger partial charge < -0.3 is 10.2 Å². The van der Waals surface area contributed by atoms with Crippen LogP contribution >= 0.6 is 11.8 Å². The van der Waals surface area contributed by atoms with E-state index in [9.17, 15) is 0 Å². The predicted octanol–water partition coefficient (Wildman–Crippen LogP) is 3.21. The average Bonchev–Trinajstić information content (AvgIpc) is 2.31. The number of aliphatic hydroxyl groups is 2. The van der Waals surface area contributed by atoms with Gasteiger partial charge in [-0.05, 0) is 12.2 Å². The SMILES string of the molecule is CCCCCCCCCCSCC(O)CO. The second kappa shape index (κ2) is 13.3. The van der Waals surface area contributed by atoms with Crippen LogP contribution in [0.2, 0.25) is 0 Å². The quantitative estimate of drug-likeness (QED) is 0.521. The monoisotopic (exact) mass is 248 g/mol. The number of hydrogen-bond acceptors (Lipinski definition) is 3. The first-order valence-corrected chi connectivity index (χ1v) is 7.83. The Bertz CT molecular complexity index is 131. The third-order valence-corrected chi connectivity index (χ3v) is 3.86. The minimum atomic E-state index is -0.529. The third kappa shape index (κ3) is 12.3. The van der Waals surface area contributed by atoms with Gasteiger partial charge >= 0.3 is 0 Å². The Morgan fingerprint density at radius 3 is 2.06 bits per heavy atom. The van der Waals surface area contributed by atoms with Gasteiger partial charge in [0, 0.05) is 5.75 Å². The molecule has 0 aliphatic heterocycles. The van der Waals surface area contributed by atoms with E-state index in [1.54, 1.807) is 11.8 Å². The van der Waals surface area contributed by atoms with E-state index in [2.05, 4.69) is 6.92 Å². The number of thioether (sulfide) groups is 1. The van der Waals surface area contributed by atoms with Gasteiger partial charge in [0.25, 0.3) is 0 Å². The zero-order valence-corrected chi connectivity index (χ0v) is 11.5. The molecule has 2 nitrogen and oxygen atoms in total. The maximum atomic E-state index is 9.11. The molecule has 0 aliphatic rings. The molecule has 0 radical (unpaired) electrons. The van der Waals surface area contributed by atoms with Crippen LogP contribution in [0.3, 0.4) is 0 Å². The Kier molecular flexibility index (Phi) is 13.6. The van der Waals surface area contributed by atoms with E-state index in [1.165, 1.54) is 51.4 Å². The molecular formula is C13H28O2S. The largest absolute Gasteiger partial charge is 0.394 e. The van der Waals surface area contributed by atoms with Gasteiger partial charge in [-0.2, -0.15) is 11.8 Å². The van der Waals surface area contributed by atoms with Gasteiger partial charge in [-0.25, -0.2) is 0 Å². The molecule has 0 aromatic carbocycles. The van der Waals surface area contributed by atoms with E-state index >= 15 is 0 Å². The number of rotatable bonds is 12. The first-order valence-electron chi connectivity index (χ1n) is 6.68. The maximum absolute atomic E-state index is 9.11. The molecule has 3 heteroatoms. The lowest BCUT2D eigenvalue weighted by Crippen LogP contribution is -2.14. The zero-order chi connectivity index (χ0) is 12.1. The van der Waals surface area contributed by atoms with E-state index in [4.69, 9.17) is 10.2 Å². The molecule has 2 N–H and O–H groups in total. The Morgan fingerprint density at radius 2 is 1.50 bits per heavy atom. The lowest BCUT2D eigenvalue weighted by atomic mass is 10.1. The van der Waals surface area contributed by atoms with Gasteiger partial charge in [-0.3, -0.25) is 0 Å². The van der Waals surface area contributed by atoms with Crippen LogP contribution in [0.25, 0.3) is 0 Å². The molecule has 0 heterocycles. The van der Waals surface area contributed by atoms with Gasteiger partial charge in [-0.15, -0.1) is 0 Å². The average molecular weight is 248 g/mol. The van der Waals surface area contributed by atoms with Crippen LogP contribution < -0.4 is 0 Å². The van der Waals surface area contributed by atoms with Crippen LogP contribution in [-0.2, 0) is 0 Å². The molecule has 0 aromatic heterocycles. The Morgan fingerprint density at radius 1 is 0.938 bits per heavy atom. The Balaban J connectivity index is 2.93. The van der Waals surface area contributed by atoms with Crippen molar-refractivity contribution >= 4 is 11.8 Å². The number of unbranched alkanes of at least 4 members (excludes halogenated alkanes) is 7. The molecule has 0 aliphatic carbocycles. The smallest absolute Gasteiger partial charge is 0.0861 e. The van der Waals surface area contributed by atoms with Crippen LogP contribution in [0.1, 0.15) is 58.3 Å². The topological polar surface area (TPSA) is 40.5 Å². The normalized spacial score (nSPS) is 12.9. The summed E-state index contributed by atoms with van der Waals surface area (Å²) < 4.78 is 0. The summed E-state index contributed by atoms with van der Waals surface area (Å²) >= 11 is 1.75. The van der Waals surface area contributed by atoms with Gasteiger partial charge in [0.2, 0.25) is 0 Å². The lowest BCUT2D eigenvalue weighted by Gasteiger charge is -2.06. The van der Waals surface area contributed by atoms with E-state index in [-0.39, 0.29) is 6.61 Å². The summed E-state index contributed by atoms with van der Waals surface area (Å²) in [6.07, 6.45) is 10.3. The highest BCUT2D eigenvalue weighted by atomic mass is 32.2. The van der Waals surface area contributed by atoms with Crippen molar-refractivity contribution in [2.75, 3.05) is 18.1 Å². The molecule has 1 atom stereocenters. The van der Waals surface area contributed by atoms with Crippen LogP contribution in [-0.4, -0.2) is 34.4 Å². The lowest BCUT2D eigenvalue weighted by molar-refractivity contribution is 0.113. The fourth-order valence-electron chi connectivity index (χ4n) is 1.61. The van der Waals surface area contributed by atoms with Crippen molar-refractivity contribution in [1.29, 1.82) is 0 Å². The van der Waals surface area contributed by atoms with Crippen LogP contribution in [0.5, 0.6) is 0 Å². The van der Waals surface area contributed by atoms with E-state index in [1.807, 2.05) is 0 Å². The highest BCUT2D eigenvalue weighted by Gasteiger charge is 2.00. The second-order valence-electron chi connectivity index (χ2n) is 4.39. The summed E-state index contributed by atoms with van der Waals surface area (Å²) in [6.45, 7) is 2.14. The molecule has 1 unspecified atom stereocenters. The molecule has 0 saturated heterocycles. The van der Waals surface area contributed by atoms with Gasteiger partial charge in [0.15, 0.2) is 0 Å². The first kappa shape index (κ1) is 16.3. The molecule has 0 fully saturated rings. The second-order valence-corrected chi connectivity index (χ2v) is 5.54. The fraction of sp³-hybridized carbons (Fsp3) is 1.00. The minimum Gasteiger partial charge on any atom is -0.394 e. The van der Waals surface area contributed by atoms with Crippen molar-refractivity contribution in [1.82, 2.24) is 0 Å². The molecule has 0 bridgehead atoms. The van der Waals surface area contributed by atoms with E-state index in [0.29, 0.717) is 5.75 Å². The van der Waals surface area contributed by atoms with Crippen LogP contribution in [0.4, 0.5) is 0 Å². The number of aliphatic hydroxyl groups excluding tert-OH is 2. The first-order chi connectivity index (χ1) is 7.81. The highest BCUT2D eigenvalue weighted by Crippen LogP contribution is 2.11. The minimum absolute atomic E-state index is 0.107. The molecule has 16 heavy (non-hydrogen) atoms. The summed E-state index contributed by atoms with van der Waals surface area (Å²) in [7, 11) is 0. The van der Waals surface area contributed by atoms with Gasteiger partial charge in [0.05, 0.1) is 12.7 Å². The van der Waals surface area contributed by atoms with Crippen LogP contribution in [0, 0.1) is 0 Å². The third-order valence-electron chi connectivity index (χ3n) is 2.66. The number of hydrogen-bond donors (Lipinski definition) is 2. The van der Waals surface area contributed by atoms with E-state index in [0.717, 1.165) is 5.75 Å². The molecule has 0 spiro atoms. The van der Waals surface area contributed by atoms with Crippen molar-refractivity contribution in [3.05, 3.63) is 0 Å². The molecule has 0 rings (SSSR count). The van der Waals surface area contributed by atoms with Crippen LogP contribution in [0.15, 0.2) is 0 Å². The fourth-order valence-corrected chi connectivity index (χ4v) is 2.56. The summed E-state index contributed by atoms with van der Waals surface area (Å²) in [4.78, 5) is 0. The Hall–Kier alpha value is 0.270. The maximum Gasteiger partial charge on any atom is 0.0861 e. The summed E-state index contributed by atoms with van der Waals surface area (Å²) in [5.74, 6) is 1.79.